The van der Waals surface area contributed by atoms with Crippen molar-refractivity contribution in [2.24, 2.45) is 0 Å². The van der Waals surface area contributed by atoms with E-state index in [1.165, 1.54) is 10.9 Å². The van der Waals surface area contributed by atoms with E-state index >= 15 is 0 Å². The summed E-state index contributed by atoms with van der Waals surface area (Å²) in [5, 5.41) is 15.4. The van der Waals surface area contributed by atoms with Crippen molar-refractivity contribution in [3.8, 4) is 0 Å². The van der Waals surface area contributed by atoms with Crippen LogP contribution in [0.3, 0.4) is 0 Å². The Morgan fingerprint density at radius 1 is 1.43 bits per heavy atom. The van der Waals surface area contributed by atoms with Gasteiger partial charge in [0, 0.05) is 12.4 Å². The number of rotatable bonds is 4. The quantitative estimate of drug-likeness (QED) is 0.791. The van der Waals surface area contributed by atoms with Gasteiger partial charge in [-0.1, -0.05) is 17.7 Å². The molecule has 1 amide bonds. The lowest BCUT2D eigenvalue weighted by atomic mass is 10.3. The summed E-state index contributed by atoms with van der Waals surface area (Å²) in [5.41, 5.74) is 0.744. The van der Waals surface area contributed by atoms with Crippen molar-refractivity contribution in [3.63, 3.8) is 0 Å². The molecule has 0 bridgehead atoms. The highest BCUT2D eigenvalue weighted by Crippen LogP contribution is 2.11. The molecule has 0 unspecified atom stereocenters. The minimum Gasteiger partial charge on any atom is -0.347 e. The summed E-state index contributed by atoms with van der Waals surface area (Å²) in [7, 11) is 0. The maximum absolute atomic E-state index is 12.1. The molecule has 7 nitrogen and oxygen atoms in total. The normalized spacial score (nSPS) is 12.5. The summed E-state index contributed by atoms with van der Waals surface area (Å²) in [5.74, 6) is 0.507. The maximum atomic E-state index is 12.1. The van der Waals surface area contributed by atoms with Crippen LogP contribution in [0.5, 0.6) is 0 Å². The number of hydrogen-bond acceptors (Lipinski definition) is 4. The Morgan fingerprint density at radius 3 is 3.05 bits per heavy atom. The number of nitrogens with one attached hydrogen (secondary N) is 1. The van der Waals surface area contributed by atoms with Gasteiger partial charge in [-0.2, -0.15) is 5.10 Å². The van der Waals surface area contributed by atoms with Crippen LogP contribution in [-0.4, -0.2) is 30.3 Å². The molecule has 8 heteroatoms. The van der Waals surface area contributed by atoms with Gasteiger partial charge in [-0.25, -0.2) is 0 Å². The van der Waals surface area contributed by atoms with E-state index in [1.807, 2.05) is 28.8 Å². The van der Waals surface area contributed by atoms with Gasteiger partial charge < -0.3 is 5.32 Å². The molecule has 1 atom stereocenters. The van der Waals surface area contributed by atoms with Crippen molar-refractivity contribution in [1.82, 2.24) is 29.7 Å². The first-order valence-electron chi connectivity index (χ1n) is 6.41. The number of halogens is 1. The van der Waals surface area contributed by atoms with Crippen LogP contribution >= 0.6 is 11.6 Å². The average Bonchev–Trinajstić information content (AvgIpc) is 3.10. The molecule has 3 aromatic heterocycles. The average molecular weight is 305 g/mol. The first-order chi connectivity index (χ1) is 10.1. The zero-order chi connectivity index (χ0) is 14.8. The summed E-state index contributed by atoms with van der Waals surface area (Å²) < 4.78 is 3.34. The lowest BCUT2D eigenvalue weighted by Crippen LogP contribution is -2.31. The molecule has 0 saturated carbocycles. The third kappa shape index (κ3) is 2.73. The molecule has 0 aromatic carbocycles. The summed E-state index contributed by atoms with van der Waals surface area (Å²) in [6.45, 7) is 2.05. The highest BCUT2D eigenvalue weighted by Gasteiger charge is 2.16. The summed E-state index contributed by atoms with van der Waals surface area (Å²) in [6, 6.07) is 5.18. The number of carbonyl (C=O) groups excluding carboxylic acids is 1. The largest absolute Gasteiger partial charge is 0.347 e. The highest BCUT2D eigenvalue weighted by atomic mass is 35.5. The van der Waals surface area contributed by atoms with Crippen molar-refractivity contribution < 1.29 is 4.79 Å². The molecule has 3 rings (SSSR count). The highest BCUT2D eigenvalue weighted by molar-refractivity contribution is 6.30. The predicted molar refractivity (Wildman–Crippen MR) is 76.8 cm³/mol. The van der Waals surface area contributed by atoms with Crippen molar-refractivity contribution in [2.75, 3.05) is 0 Å². The lowest BCUT2D eigenvalue weighted by Gasteiger charge is -2.11. The molecule has 1 N–H and O–H groups in total. The molecule has 0 fully saturated rings. The number of amides is 1. The van der Waals surface area contributed by atoms with E-state index in [2.05, 4.69) is 20.6 Å². The van der Waals surface area contributed by atoms with E-state index in [4.69, 9.17) is 11.6 Å². The predicted octanol–water partition coefficient (Wildman–Crippen LogP) is 1.46. The van der Waals surface area contributed by atoms with Crippen LogP contribution in [0.25, 0.3) is 5.65 Å². The molecule has 108 valence electrons. The van der Waals surface area contributed by atoms with Crippen molar-refractivity contribution in [2.45, 2.75) is 19.5 Å². The van der Waals surface area contributed by atoms with Gasteiger partial charge in [-0.05, 0) is 19.1 Å². The van der Waals surface area contributed by atoms with E-state index in [0.717, 1.165) is 5.65 Å². The van der Waals surface area contributed by atoms with Gasteiger partial charge in [0.2, 0.25) is 5.91 Å². The molecule has 0 radical (unpaired) electrons. The Hall–Kier alpha value is -2.41. The van der Waals surface area contributed by atoms with Gasteiger partial charge in [0.05, 0.1) is 17.8 Å². The molecule has 0 spiro atoms. The van der Waals surface area contributed by atoms with Crippen molar-refractivity contribution in [3.05, 3.63) is 47.6 Å². The zero-order valence-electron chi connectivity index (χ0n) is 11.3. The van der Waals surface area contributed by atoms with Crippen LogP contribution in [0.4, 0.5) is 0 Å². The van der Waals surface area contributed by atoms with Gasteiger partial charge >= 0.3 is 0 Å². The second kappa shape index (κ2) is 5.53. The maximum Gasteiger partial charge on any atom is 0.244 e. The van der Waals surface area contributed by atoms with E-state index in [1.54, 1.807) is 13.1 Å². The molecule has 3 heterocycles. The van der Waals surface area contributed by atoms with Gasteiger partial charge in [0.1, 0.15) is 6.04 Å². The molecule has 0 aliphatic rings. The van der Waals surface area contributed by atoms with Crippen LogP contribution in [-0.2, 0) is 11.3 Å². The standard InChI is InChI=1S/C13H13ClN6O/c1-9(20-8-10(14)6-16-20)13(21)15-7-12-18-17-11-4-2-3-5-19(11)12/h2-6,8-9H,7H2,1H3,(H,15,21)/t9-/m0/s1. The first-order valence-corrected chi connectivity index (χ1v) is 6.79. The Balaban J connectivity index is 1.68. The second-order valence-electron chi connectivity index (χ2n) is 4.58. The Labute approximate surface area is 125 Å². The van der Waals surface area contributed by atoms with Gasteiger partial charge in [0.15, 0.2) is 11.5 Å². The minimum absolute atomic E-state index is 0.164. The van der Waals surface area contributed by atoms with Crippen LogP contribution in [0.1, 0.15) is 18.8 Å². The van der Waals surface area contributed by atoms with Gasteiger partial charge in [0.25, 0.3) is 0 Å². The monoisotopic (exact) mass is 304 g/mol. The molecule has 0 aliphatic heterocycles. The number of nitrogens with zero attached hydrogens (tertiary/aromatic N) is 5. The zero-order valence-corrected chi connectivity index (χ0v) is 12.0. The smallest absolute Gasteiger partial charge is 0.244 e. The fraction of sp³-hybridized carbons (Fsp3) is 0.231. The fourth-order valence-corrected chi connectivity index (χ4v) is 2.12. The Morgan fingerprint density at radius 2 is 2.29 bits per heavy atom. The van der Waals surface area contributed by atoms with Gasteiger partial charge in [-0.15, -0.1) is 10.2 Å². The molecule has 21 heavy (non-hydrogen) atoms. The number of carbonyl (C=O) groups is 1. The van der Waals surface area contributed by atoms with E-state index in [9.17, 15) is 4.79 Å². The summed E-state index contributed by atoms with van der Waals surface area (Å²) >= 11 is 5.80. The van der Waals surface area contributed by atoms with E-state index in [0.29, 0.717) is 17.4 Å². The number of fused-ring (bicyclic) bond motifs is 1. The van der Waals surface area contributed by atoms with E-state index < -0.39 is 6.04 Å². The van der Waals surface area contributed by atoms with Crippen LogP contribution in [0, 0.1) is 0 Å². The molecular weight excluding hydrogens is 292 g/mol. The SMILES string of the molecule is C[C@@H](C(=O)NCc1nnc2ccccn12)n1cc(Cl)cn1. The summed E-state index contributed by atoms with van der Waals surface area (Å²) in [4.78, 5) is 12.1. The minimum atomic E-state index is -0.448. The van der Waals surface area contributed by atoms with Crippen LogP contribution in [0.2, 0.25) is 5.02 Å². The molecule has 0 saturated heterocycles. The topological polar surface area (TPSA) is 77.1 Å². The lowest BCUT2D eigenvalue weighted by molar-refractivity contribution is -0.124. The number of aromatic nitrogens is 5. The molecular formula is C13H13ClN6O. The Kier molecular flexibility index (Phi) is 3.57. The van der Waals surface area contributed by atoms with Crippen LogP contribution in [0.15, 0.2) is 36.8 Å². The summed E-state index contributed by atoms with van der Waals surface area (Å²) in [6.07, 6.45) is 4.96. The van der Waals surface area contributed by atoms with Gasteiger partial charge in [-0.3, -0.25) is 13.9 Å². The first kappa shape index (κ1) is 13.6. The third-order valence-electron chi connectivity index (χ3n) is 3.15. The van der Waals surface area contributed by atoms with Crippen LogP contribution < -0.4 is 5.32 Å². The number of hydrogen-bond donors (Lipinski definition) is 1. The van der Waals surface area contributed by atoms with Crippen molar-refractivity contribution >= 4 is 23.2 Å². The molecule has 3 aromatic rings. The van der Waals surface area contributed by atoms with Crippen molar-refractivity contribution in [1.29, 1.82) is 0 Å². The Bertz CT molecular complexity index is 780. The molecule has 0 aliphatic carbocycles. The number of pyridine rings is 1. The third-order valence-corrected chi connectivity index (χ3v) is 3.35. The van der Waals surface area contributed by atoms with E-state index in [-0.39, 0.29) is 5.91 Å². The second-order valence-corrected chi connectivity index (χ2v) is 5.01. The fourth-order valence-electron chi connectivity index (χ4n) is 1.97.